The fourth-order valence-electron chi connectivity index (χ4n) is 4.09. The molecule has 0 aromatic heterocycles. The molecule has 0 unspecified atom stereocenters. The van der Waals surface area contributed by atoms with Gasteiger partial charge in [0.15, 0.2) is 0 Å². The van der Waals surface area contributed by atoms with Crippen molar-refractivity contribution >= 4 is 17.6 Å². The third-order valence-corrected chi connectivity index (χ3v) is 6.38. The van der Waals surface area contributed by atoms with Crippen LogP contribution in [-0.4, -0.2) is 31.1 Å². The second kappa shape index (κ2) is 7.68. The van der Waals surface area contributed by atoms with Crippen LogP contribution in [-0.2, 0) is 0 Å². The largest absolute Gasteiger partial charge is 0.349 e. The van der Waals surface area contributed by atoms with Gasteiger partial charge in [-0.1, -0.05) is 27.2 Å². The zero-order valence-electron chi connectivity index (χ0n) is 16.2. The first-order valence-corrected chi connectivity index (χ1v) is 9.87. The minimum Gasteiger partial charge on any atom is -0.349 e. The van der Waals surface area contributed by atoms with E-state index in [1.165, 1.54) is 19.3 Å². The molecule has 5 heteroatoms. The second-order valence-corrected chi connectivity index (χ2v) is 8.29. The van der Waals surface area contributed by atoms with E-state index < -0.39 is 0 Å². The third kappa shape index (κ3) is 4.02. The minimum atomic E-state index is -0.0750. The molecule has 142 valence electrons. The number of benzene rings is 1. The summed E-state index contributed by atoms with van der Waals surface area (Å²) in [6.45, 7) is 8.32. The predicted octanol–water partition coefficient (Wildman–Crippen LogP) is 3.94. The molecule has 3 amide bonds. The van der Waals surface area contributed by atoms with Gasteiger partial charge < -0.3 is 10.6 Å². The number of hydrogen-bond donors (Lipinski definition) is 2. The van der Waals surface area contributed by atoms with Gasteiger partial charge >= 0.3 is 6.03 Å². The first-order chi connectivity index (χ1) is 12.4. The molecule has 2 N–H and O–H groups in total. The van der Waals surface area contributed by atoms with Crippen LogP contribution in [0.2, 0.25) is 0 Å². The molecule has 3 rings (SSSR count). The highest BCUT2D eigenvalue weighted by atomic mass is 16.2. The highest BCUT2D eigenvalue weighted by Crippen LogP contribution is 2.40. The highest BCUT2D eigenvalue weighted by Gasteiger charge is 2.32. The number of nitrogens with zero attached hydrogens (tertiary/aromatic N) is 1. The van der Waals surface area contributed by atoms with E-state index in [-0.39, 0.29) is 18.0 Å². The number of rotatable bonds is 5. The van der Waals surface area contributed by atoms with Gasteiger partial charge in [-0.3, -0.25) is 9.69 Å². The molecule has 1 saturated carbocycles. The lowest BCUT2D eigenvalue weighted by Crippen LogP contribution is -2.39. The van der Waals surface area contributed by atoms with Crippen molar-refractivity contribution in [2.75, 3.05) is 18.0 Å². The normalized spacial score (nSPS) is 23.7. The fourth-order valence-corrected chi connectivity index (χ4v) is 4.09. The van der Waals surface area contributed by atoms with Crippen LogP contribution in [0.1, 0.15) is 63.2 Å². The molecule has 26 heavy (non-hydrogen) atoms. The van der Waals surface area contributed by atoms with E-state index in [2.05, 4.69) is 31.4 Å². The van der Waals surface area contributed by atoms with Gasteiger partial charge in [-0.2, -0.15) is 0 Å². The van der Waals surface area contributed by atoms with Crippen LogP contribution < -0.4 is 15.5 Å². The Balaban J connectivity index is 1.53. The molecule has 0 spiro atoms. The molecule has 0 atom stereocenters. The molecular formula is C21H31N3O2. The van der Waals surface area contributed by atoms with Crippen LogP contribution in [0.5, 0.6) is 0 Å². The van der Waals surface area contributed by atoms with Crippen molar-refractivity contribution in [1.82, 2.24) is 10.6 Å². The standard InChI is InChI=1S/C21H31N3O2/c1-4-21(2,3)16-7-9-17(10-8-16)23-19(25)15-5-11-18(12-6-15)24-14-13-22-20(24)26/h5-6,11-12,16-17H,4,7-10,13-14H2,1-3H3,(H,22,26)(H,23,25). The Morgan fingerprint density at radius 1 is 1.19 bits per heavy atom. The maximum absolute atomic E-state index is 12.5. The Morgan fingerprint density at radius 2 is 1.85 bits per heavy atom. The average Bonchev–Trinajstić information content (AvgIpc) is 3.08. The summed E-state index contributed by atoms with van der Waals surface area (Å²) in [6, 6.07) is 7.51. The summed E-state index contributed by atoms with van der Waals surface area (Å²) in [6.07, 6.45) is 5.71. The molecule has 1 aliphatic heterocycles. The van der Waals surface area contributed by atoms with E-state index in [1.54, 1.807) is 4.90 Å². The van der Waals surface area contributed by atoms with Gasteiger partial charge in [-0.15, -0.1) is 0 Å². The molecule has 0 bridgehead atoms. The first-order valence-electron chi connectivity index (χ1n) is 9.87. The molecule has 1 aromatic carbocycles. The summed E-state index contributed by atoms with van der Waals surface area (Å²) in [5.41, 5.74) is 1.88. The van der Waals surface area contributed by atoms with Crippen molar-refractivity contribution in [1.29, 1.82) is 0 Å². The van der Waals surface area contributed by atoms with E-state index in [4.69, 9.17) is 0 Å². The van der Waals surface area contributed by atoms with Gasteiger partial charge in [0.05, 0.1) is 0 Å². The van der Waals surface area contributed by atoms with Gasteiger partial charge in [0, 0.05) is 30.4 Å². The number of anilines is 1. The molecule has 2 fully saturated rings. The number of carbonyl (C=O) groups is 2. The van der Waals surface area contributed by atoms with Gasteiger partial charge in [-0.25, -0.2) is 4.79 Å². The lowest BCUT2D eigenvalue weighted by Gasteiger charge is -2.39. The van der Waals surface area contributed by atoms with Crippen molar-refractivity contribution in [3.05, 3.63) is 29.8 Å². The third-order valence-electron chi connectivity index (χ3n) is 6.38. The van der Waals surface area contributed by atoms with Gasteiger partial charge in [0.25, 0.3) is 5.91 Å². The van der Waals surface area contributed by atoms with Gasteiger partial charge in [-0.05, 0) is 61.3 Å². The van der Waals surface area contributed by atoms with Crippen molar-refractivity contribution in [2.24, 2.45) is 11.3 Å². The van der Waals surface area contributed by atoms with E-state index in [0.29, 0.717) is 24.1 Å². The second-order valence-electron chi connectivity index (χ2n) is 8.29. The molecule has 1 aliphatic carbocycles. The molecule has 5 nitrogen and oxygen atoms in total. The summed E-state index contributed by atoms with van der Waals surface area (Å²) < 4.78 is 0. The van der Waals surface area contributed by atoms with Crippen LogP contribution in [0.3, 0.4) is 0 Å². The zero-order valence-corrected chi connectivity index (χ0v) is 16.2. The summed E-state index contributed by atoms with van der Waals surface area (Å²) in [5, 5.41) is 5.98. The van der Waals surface area contributed by atoms with Crippen LogP contribution in [0.4, 0.5) is 10.5 Å². The summed E-state index contributed by atoms with van der Waals surface area (Å²) in [4.78, 5) is 25.9. The Labute approximate surface area is 156 Å². The molecular weight excluding hydrogens is 326 g/mol. The maximum atomic E-state index is 12.5. The zero-order chi connectivity index (χ0) is 18.7. The minimum absolute atomic E-state index is 0.0133. The molecule has 1 aromatic rings. The van der Waals surface area contributed by atoms with Crippen molar-refractivity contribution in [3.8, 4) is 0 Å². The molecule has 0 radical (unpaired) electrons. The van der Waals surface area contributed by atoms with Gasteiger partial charge in [0.2, 0.25) is 0 Å². The lowest BCUT2D eigenvalue weighted by molar-refractivity contribution is 0.0893. The summed E-state index contributed by atoms with van der Waals surface area (Å²) in [7, 11) is 0. The van der Waals surface area contributed by atoms with Crippen LogP contribution >= 0.6 is 0 Å². The first kappa shape index (κ1) is 18.7. The number of carbonyl (C=O) groups excluding carboxylic acids is 2. The van der Waals surface area contributed by atoms with Crippen LogP contribution in [0.15, 0.2) is 24.3 Å². The molecule has 1 saturated heterocycles. The van der Waals surface area contributed by atoms with E-state index in [0.717, 1.165) is 24.4 Å². The van der Waals surface area contributed by atoms with Crippen LogP contribution in [0, 0.1) is 11.3 Å². The number of nitrogens with one attached hydrogen (secondary N) is 2. The Bertz CT molecular complexity index is 646. The number of hydrogen-bond acceptors (Lipinski definition) is 2. The Morgan fingerprint density at radius 3 is 2.38 bits per heavy atom. The predicted molar refractivity (Wildman–Crippen MR) is 104 cm³/mol. The highest BCUT2D eigenvalue weighted by molar-refractivity contribution is 5.97. The monoisotopic (exact) mass is 357 g/mol. The fraction of sp³-hybridized carbons (Fsp3) is 0.619. The van der Waals surface area contributed by atoms with E-state index in [1.807, 2.05) is 24.3 Å². The maximum Gasteiger partial charge on any atom is 0.321 e. The Kier molecular flexibility index (Phi) is 5.54. The topological polar surface area (TPSA) is 61.4 Å². The smallest absolute Gasteiger partial charge is 0.321 e. The van der Waals surface area contributed by atoms with Crippen molar-refractivity contribution < 1.29 is 9.59 Å². The summed E-state index contributed by atoms with van der Waals surface area (Å²) in [5.74, 6) is 0.743. The van der Waals surface area contributed by atoms with Crippen molar-refractivity contribution in [2.45, 2.75) is 58.9 Å². The van der Waals surface area contributed by atoms with Gasteiger partial charge in [0.1, 0.15) is 0 Å². The summed E-state index contributed by atoms with van der Waals surface area (Å²) >= 11 is 0. The van der Waals surface area contributed by atoms with Crippen molar-refractivity contribution in [3.63, 3.8) is 0 Å². The Hall–Kier alpha value is -2.04. The molecule has 1 heterocycles. The van der Waals surface area contributed by atoms with E-state index in [9.17, 15) is 9.59 Å². The SMILES string of the molecule is CCC(C)(C)C1CCC(NC(=O)c2ccc(N3CCNC3=O)cc2)CC1. The molecule has 2 aliphatic rings. The average molecular weight is 357 g/mol. The number of urea groups is 1. The lowest BCUT2D eigenvalue weighted by atomic mass is 9.69. The van der Waals surface area contributed by atoms with Crippen LogP contribution in [0.25, 0.3) is 0 Å². The quantitative estimate of drug-likeness (QED) is 0.838. The number of amides is 3. The van der Waals surface area contributed by atoms with E-state index >= 15 is 0 Å².